The summed E-state index contributed by atoms with van der Waals surface area (Å²) >= 11 is 0. The van der Waals surface area contributed by atoms with Crippen LogP contribution >= 0.6 is 0 Å². The van der Waals surface area contributed by atoms with E-state index in [1.165, 1.54) is 0 Å². The van der Waals surface area contributed by atoms with Crippen molar-refractivity contribution in [1.29, 1.82) is 0 Å². The van der Waals surface area contributed by atoms with Gasteiger partial charge in [0.2, 0.25) is 5.82 Å². The predicted molar refractivity (Wildman–Crippen MR) is 65.9 cm³/mol. The number of aryl methyl sites for hydroxylation is 1. The first-order chi connectivity index (χ1) is 8.70. The van der Waals surface area contributed by atoms with Crippen molar-refractivity contribution >= 4 is 5.91 Å². The molecule has 0 bridgehead atoms. The van der Waals surface area contributed by atoms with Crippen molar-refractivity contribution in [2.45, 2.75) is 26.3 Å². The lowest BCUT2D eigenvalue weighted by Crippen LogP contribution is -2.28. The van der Waals surface area contributed by atoms with Crippen molar-refractivity contribution < 1.29 is 4.79 Å². The van der Waals surface area contributed by atoms with Crippen LogP contribution < -0.4 is 5.32 Å². The Hall–Kier alpha value is -2.24. The zero-order valence-corrected chi connectivity index (χ0v) is 10.3. The van der Waals surface area contributed by atoms with Crippen LogP contribution in [0.4, 0.5) is 0 Å². The predicted octanol–water partition coefficient (Wildman–Crippen LogP) is 1.25. The van der Waals surface area contributed by atoms with E-state index in [9.17, 15) is 4.79 Å². The maximum atomic E-state index is 11.9. The fraction of sp³-hybridized carbons (Fsp3) is 0.333. The molecule has 1 atom stereocenters. The van der Waals surface area contributed by atoms with Gasteiger partial charge in [-0.25, -0.2) is 4.98 Å². The molecule has 6 nitrogen and oxygen atoms in total. The van der Waals surface area contributed by atoms with E-state index >= 15 is 0 Å². The van der Waals surface area contributed by atoms with Gasteiger partial charge in [-0.05, 0) is 19.1 Å². The first kappa shape index (κ1) is 12.2. The summed E-state index contributed by atoms with van der Waals surface area (Å²) in [6.07, 6.45) is 2.41. The molecule has 1 amide bonds. The number of pyridine rings is 1. The molecule has 0 aliphatic rings. The lowest BCUT2D eigenvalue weighted by atomic mass is 10.2. The highest BCUT2D eigenvalue weighted by Crippen LogP contribution is 2.08. The third-order valence-electron chi connectivity index (χ3n) is 2.55. The zero-order valence-electron chi connectivity index (χ0n) is 10.3. The van der Waals surface area contributed by atoms with Crippen LogP contribution in [-0.2, 0) is 6.42 Å². The van der Waals surface area contributed by atoms with Crippen LogP contribution in [-0.4, -0.2) is 26.1 Å². The monoisotopic (exact) mass is 245 g/mol. The number of rotatable bonds is 4. The second-order valence-electron chi connectivity index (χ2n) is 3.91. The van der Waals surface area contributed by atoms with Gasteiger partial charge in [-0.3, -0.25) is 14.9 Å². The number of aromatic amines is 1. The maximum Gasteiger partial charge on any atom is 0.291 e. The minimum atomic E-state index is -0.302. The number of nitrogens with zero attached hydrogens (tertiary/aromatic N) is 3. The van der Waals surface area contributed by atoms with Crippen LogP contribution in [0.2, 0.25) is 0 Å². The second kappa shape index (κ2) is 5.39. The fourth-order valence-corrected chi connectivity index (χ4v) is 1.52. The van der Waals surface area contributed by atoms with Crippen molar-refractivity contribution in [2.75, 3.05) is 0 Å². The van der Waals surface area contributed by atoms with Crippen molar-refractivity contribution in [3.05, 3.63) is 41.7 Å². The Balaban J connectivity index is 2.03. The molecule has 2 rings (SSSR count). The van der Waals surface area contributed by atoms with E-state index < -0.39 is 0 Å². The van der Waals surface area contributed by atoms with Gasteiger partial charge >= 0.3 is 0 Å². The molecular formula is C12H15N5O. The number of amides is 1. The molecule has 2 N–H and O–H groups in total. The van der Waals surface area contributed by atoms with Crippen LogP contribution in [0.3, 0.4) is 0 Å². The molecule has 6 heteroatoms. The number of hydrogen-bond donors (Lipinski definition) is 2. The second-order valence-corrected chi connectivity index (χ2v) is 3.91. The highest BCUT2D eigenvalue weighted by Gasteiger charge is 2.15. The lowest BCUT2D eigenvalue weighted by molar-refractivity contribution is 0.0929. The van der Waals surface area contributed by atoms with Crippen LogP contribution in [0.25, 0.3) is 0 Å². The molecule has 0 aliphatic carbocycles. The Kier molecular flexibility index (Phi) is 3.66. The summed E-state index contributed by atoms with van der Waals surface area (Å²) in [4.78, 5) is 20.1. The molecule has 0 radical (unpaired) electrons. The molecule has 2 aromatic heterocycles. The first-order valence-corrected chi connectivity index (χ1v) is 5.83. The molecule has 2 heterocycles. The Morgan fingerprint density at radius 2 is 2.33 bits per heavy atom. The number of carbonyl (C=O) groups excluding carboxylic acids is 1. The van der Waals surface area contributed by atoms with Gasteiger partial charge in [0.15, 0.2) is 0 Å². The number of carbonyl (C=O) groups is 1. The molecule has 0 aliphatic heterocycles. The van der Waals surface area contributed by atoms with Gasteiger partial charge in [0, 0.05) is 12.6 Å². The zero-order chi connectivity index (χ0) is 13.0. The minimum Gasteiger partial charge on any atom is -0.341 e. The molecular weight excluding hydrogens is 230 g/mol. The Morgan fingerprint density at radius 3 is 2.94 bits per heavy atom. The average molecular weight is 245 g/mol. The van der Waals surface area contributed by atoms with Crippen molar-refractivity contribution in [2.24, 2.45) is 0 Å². The van der Waals surface area contributed by atoms with E-state index in [0.29, 0.717) is 5.82 Å². The quantitative estimate of drug-likeness (QED) is 0.849. The highest BCUT2D eigenvalue weighted by atomic mass is 16.2. The SMILES string of the molecule is CCc1nc(C(=O)NC(C)c2ccccn2)n[nH]1. The molecule has 1 unspecified atom stereocenters. The van der Waals surface area contributed by atoms with Crippen LogP contribution in [0, 0.1) is 0 Å². The molecule has 2 aromatic rings. The average Bonchev–Trinajstić information content (AvgIpc) is 2.88. The van der Waals surface area contributed by atoms with Gasteiger partial charge in [0.1, 0.15) is 5.82 Å². The largest absolute Gasteiger partial charge is 0.341 e. The minimum absolute atomic E-state index is 0.162. The van der Waals surface area contributed by atoms with Crippen molar-refractivity contribution in [3.8, 4) is 0 Å². The van der Waals surface area contributed by atoms with Gasteiger partial charge in [0.25, 0.3) is 5.91 Å². The van der Waals surface area contributed by atoms with E-state index in [1.807, 2.05) is 32.0 Å². The van der Waals surface area contributed by atoms with Gasteiger partial charge < -0.3 is 5.32 Å². The summed E-state index contributed by atoms with van der Waals surface area (Å²) in [6.45, 7) is 3.81. The Bertz CT molecular complexity index is 522. The number of hydrogen-bond acceptors (Lipinski definition) is 4. The van der Waals surface area contributed by atoms with Crippen LogP contribution in [0.5, 0.6) is 0 Å². The standard InChI is InChI=1S/C12H15N5O/c1-3-10-15-11(17-16-10)12(18)14-8(2)9-6-4-5-7-13-9/h4-8H,3H2,1-2H3,(H,14,18)(H,15,16,17). The Morgan fingerprint density at radius 1 is 1.50 bits per heavy atom. The highest BCUT2D eigenvalue weighted by molar-refractivity contribution is 5.90. The normalized spacial score (nSPS) is 12.1. The summed E-state index contributed by atoms with van der Waals surface area (Å²) in [5, 5.41) is 9.38. The van der Waals surface area contributed by atoms with Crippen LogP contribution in [0.1, 0.15) is 42.0 Å². The van der Waals surface area contributed by atoms with E-state index in [1.54, 1.807) is 6.20 Å². The topological polar surface area (TPSA) is 83.6 Å². The van der Waals surface area contributed by atoms with E-state index in [4.69, 9.17) is 0 Å². The molecule has 0 saturated carbocycles. The van der Waals surface area contributed by atoms with Crippen molar-refractivity contribution in [1.82, 2.24) is 25.5 Å². The first-order valence-electron chi connectivity index (χ1n) is 5.83. The molecule has 0 fully saturated rings. The molecule has 0 spiro atoms. The number of aromatic nitrogens is 4. The molecule has 0 saturated heterocycles. The van der Waals surface area contributed by atoms with Crippen molar-refractivity contribution in [3.63, 3.8) is 0 Å². The maximum absolute atomic E-state index is 11.9. The summed E-state index contributed by atoms with van der Waals surface area (Å²) < 4.78 is 0. The molecule has 18 heavy (non-hydrogen) atoms. The summed E-state index contributed by atoms with van der Waals surface area (Å²) in [5.74, 6) is 0.560. The third-order valence-corrected chi connectivity index (χ3v) is 2.55. The van der Waals surface area contributed by atoms with Gasteiger partial charge in [0.05, 0.1) is 11.7 Å². The van der Waals surface area contributed by atoms with Gasteiger partial charge in [-0.1, -0.05) is 13.0 Å². The summed E-state index contributed by atoms with van der Waals surface area (Å²) in [5.41, 5.74) is 0.803. The van der Waals surface area contributed by atoms with Crippen LogP contribution in [0.15, 0.2) is 24.4 Å². The van der Waals surface area contributed by atoms with Gasteiger partial charge in [-0.15, -0.1) is 5.10 Å². The van der Waals surface area contributed by atoms with E-state index in [2.05, 4.69) is 25.5 Å². The smallest absolute Gasteiger partial charge is 0.291 e. The number of H-pyrrole nitrogens is 1. The third kappa shape index (κ3) is 2.71. The summed E-state index contributed by atoms with van der Waals surface area (Å²) in [6, 6.07) is 5.40. The lowest BCUT2D eigenvalue weighted by Gasteiger charge is -2.11. The molecule has 94 valence electrons. The molecule has 0 aromatic carbocycles. The Labute approximate surface area is 105 Å². The summed E-state index contributed by atoms with van der Waals surface area (Å²) in [7, 11) is 0. The van der Waals surface area contributed by atoms with E-state index in [0.717, 1.165) is 12.1 Å². The van der Waals surface area contributed by atoms with Gasteiger partial charge in [-0.2, -0.15) is 0 Å². The fourth-order valence-electron chi connectivity index (χ4n) is 1.52. The van der Waals surface area contributed by atoms with E-state index in [-0.39, 0.29) is 17.8 Å². The number of nitrogens with one attached hydrogen (secondary N) is 2.